The van der Waals surface area contributed by atoms with Crippen molar-refractivity contribution in [3.05, 3.63) is 59.5 Å². The van der Waals surface area contributed by atoms with Crippen LogP contribution in [0.15, 0.2) is 47.1 Å². The van der Waals surface area contributed by atoms with Gasteiger partial charge in [0, 0.05) is 5.56 Å². The van der Waals surface area contributed by atoms with Gasteiger partial charge in [0.25, 0.3) is 5.91 Å². The van der Waals surface area contributed by atoms with Crippen LogP contribution in [0.5, 0.6) is 0 Å². The highest BCUT2D eigenvalue weighted by Gasteiger charge is 2.05. The molecule has 1 aromatic carbocycles. The van der Waals surface area contributed by atoms with E-state index >= 15 is 0 Å². The summed E-state index contributed by atoms with van der Waals surface area (Å²) < 4.78 is 5.10. The Morgan fingerprint density at radius 2 is 2.06 bits per heavy atom. The highest BCUT2D eigenvalue weighted by atomic mass is 16.3. The van der Waals surface area contributed by atoms with E-state index in [0.717, 1.165) is 0 Å². The largest absolute Gasteiger partial charge is 0.467 e. The van der Waals surface area contributed by atoms with E-state index in [2.05, 4.69) is 5.32 Å². The fourth-order valence-electron chi connectivity index (χ4n) is 1.38. The number of nitrogens with zero attached hydrogens (tertiary/aromatic N) is 1. The van der Waals surface area contributed by atoms with Gasteiger partial charge in [0.2, 0.25) is 0 Å². The van der Waals surface area contributed by atoms with E-state index < -0.39 is 0 Å². The molecule has 1 aromatic heterocycles. The molecule has 0 saturated carbocycles. The lowest BCUT2D eigenvalue weighted by Gasteiger charge is -2.02. The zero-order valence-electron chi connectivity index (χ0n) is 9.01. The van der Waals surface area contributed by atoms with Crippen molar-refractivity contribution in [3.63, 3.8) is 0 Å². The quantitative estimate of drug-likeness (QED) is 0.871. The second kappa shape index (κ2) is 4.99. The Bertz CT molecular complexity index is 536. The van der Waals surface area contributed by atoms with Gasteiger partial charge in [-0.3, -0.25) is 4.79 Å². The van der Waals surface area contributed by atoms with Crippen molar-refractivity contribution in [2.75, 3.05) is 0 Å². The standard InChI is InChI=1S/C13H10N2O2/c14-8-10-3-5-11(6-4-10)13(16)15-9-12-2-1-7-17-12/h1-7H,9H2,(H,15,16). The molecule has 0 spiro atoms. The van der Waals surface area contributed by atoms with Crippen LogP contribution in [0.3, 0.4) is 0 Å². The summed E-state index contributed by atoms with van der Waals surface area (Å²) in [6.07, 6.45) is 1.56. The minimum Gasteiger partial charge on any atom is -0.467 e. The van der Waals surface area contributed by atoms with Crippen LogP contribution in [0.1, 0.15) is 21.7 Å². The lowest BCUT2D eigenvalue weighted by atomic mass is 10.1. The second-order valence-corrected chi connectivity index (χ2v) is 3.45. The number of benzene rings is 1. The number of carbonyl (C=O) groups is 1. The molecule has 0 bridgehead atoms. The highest BCUT2D eigenvalue weighted by molar-refractivity contribution is 5.94. The summed E-state index contributed by atoms with van der Waals surface area (Å²) in [6, 6.07) is 12.0. The van der Waals surface area contributed by atoms with Crippen LogP contribution < -0.4 is 5.32 Å². The van der Waals surface area contributed by atoms with Gasteiger partial charge in [-0.25, -0.2) is 0 Å². The highest BCUT2D eigenvalue weighted by Crippen LogP contribution is 2.04. The molecule has 0 unspecified atom stereocenters. The Morgan fingerprint density at radius 3 is 2.65 bits per heavy atom. The molecule has 0 aliphatic carbocycles. The molecular formula is C13H10N2O2. The molecule has 17 heavy (non-hydrogen) atoms. The van der Waals surface area contributed by atoms with E-state index in [-0.39, 0.29) is 5.91 Å². The lowest BCUT2D eigenvalue weighted by Crippen LogP contribution is -2.22. The van der Waals surface area contributed by atoms with Gasteiger partial charge in [-0.15, -0.1) is 0 Å². The zero-order valence-corrected chi connectivity index (χ0v) is 9.01. The number of nitrogens with one attached hydrogen (secondary N) is 1. The van der Waals surface area contributed by atoms with Crippen molar-refractivity contribution in [3.8, 4) is 6.07 Å². The van der Waals surface area contributed by atoms with Gasteiger partial charge in [-0.05, 0) is 36.4 Å². The predicted molar refractivity (Wildman–Crippen MR) is 61.0 cm³/mol. The molecule has 1 amide bonds. The summed E-state index contributed by atoms with van der Waals surface area (Å²) in [6.45, 7) is 0.353. The number of carbonyl (C=O) groups excluding carboxylic acids is 1. The van der Waals surface area contributed by atoms with Gasteiger partial charge >= 0.3 is 0 Å². The van der Waals surface area contributed by atoms with Gasteiger partial charge in [0.15, 0.2) is 0 Å². The molecule has 84 valence electrons. The van der Waals surface area contributed by atoms with Crippen LogP contribution in [0.2, 0.25) is 0 Å². The van der Waals surface area contributed by atoms with Crippen LogP contribution in [0, 0.1) is 11.3 Å². The summed E-state index contributed by atoms with van der Waals surface area (Å²) in [7, 11) is 0. The molecule has 0 radical (unpaired) electrons. The van der Waals surface area contributed by atoms with Crippen molar-refractivity contribution >= 4 is 5.91 Å². The maximum atomic E-state index is 11.7. The van der Waals surface area contributed by atoms with Crippen molar-refractivity contribution in [1.29, 1.82) is 5.26 Å². The van der Waals surface area contributed by atoms with Gasteiger partial charge in [0.1, 0.15) is 5.76 Å². The van der Waals surface area contributed by atoms with Gasteiger partial charge in [-0.2, -0.15) is 5.26 Å². The van der Waals surface area contributed by atoms with Crippen LogP contribution >= 0.6 is 0 Å². The number of nitriles is 1. The monoisotopic (exact) mass is 226 g/mol. The van der Waals surface area contributed by atoms with Gasteiger partial charge in [-0.1, -0.05) is 0 Å². The van der Waals surface area contributed by atoms with E-state index in [4.69, 9.17) is 9.68 Å². The summed E-state index contributed by atoms with van der Waals surface area (Å²) in [5.74, 6) is 0.512. The molecule has 0 aliphatic rings. The SMILES string of the molecule is N#Cc1ccc(C(=O)NCc2ccco2)cc1. The summed E-state index contributed by atoms with van der Waals surface area (Å²) in [5, 5.41) is 11.4. The van der Waals surface area contributed by atoms with Crippen LogP contribution in [-0.4, -0.2) is 5.91 Å². The maximum absolute atomic E-state index is 11.7. The number of furan rings is 1. The zero-order chi connectivity index (χ0) is 12.1. The molecule has 0 fully saturated rings. The number of hydrogen-bond donors (Lipinski definition) is 1. The van der Waals surface area contributed by atoms with E-state index in [9.17, 15) is 4.79 Å². The maximum Gasteiger partial charge on any atom is 0.251 e. The average Bonchev–Trinajstić information content (AvgIpc) is 2.89. The third kappa shape index (κ3) is 2.73. The van der Waals surface area contributed by atoms with Crippen LogP contribution in [0.4, 0.5) is 0 Å². The number of rotatable bonds is 3. The number of amides is 1. The second-order valence-electron chi connectivity index (χ2n) is 3.45. The first kappa shape index (κ1) is 11.0. The van der Waals surface area contributed by atoms with Crippen LogP contribution in [0.25, 0.3) is 0 Å². The molecular weight excluding hydrogens is 216 g/mol. The van der Waals surface area contributed by atoms with Gasteiger partial charge in [0.05, 0.1) is 24.4 Å². The summed E-state index contributed by atoms with van der Waals surface area (Å²) in [4.78, 5) is 11.7. The first-order valence-electron chi connectivity index (χ1n) is 5.10. The molecule has 2 aromatic rings. The van der Waals surface area contributed by atoms with E-state index in [1.165, 1.54) is 0 Å². The Kier molecular flexibility index (Phi) is 3.22. The number of hydrogen-bond acceptors (Lipinski definition) is 3. The van der Waals surface area contributed by atoms with Crippen LogP contribution in [-0.2, 0) is 6.54 Å². The molecule has 4 heteroatoms. The normalized spacial score (nSPS) is 9.59. The molecule has 1 N–H and O–H groups in total. The Morgan fingerprint density at radius 1 is 1.29 bits per heavy atom. The smallest absolute Gasteiger partial charge is 0.251 e. The third-order valence-corrected chi connectivity index (χ3v) is 2.28. The first-order valence-corrected chi connectivity index (χ1v) is 5.10. The van der Waals surface area contributed by atoms with E-state index in [1.807, 2.05) is 6.07 Å². The molecule has 0 atom stereocenters. The molecule has 1 heterocycles. The minimum atomic E-state index is -0.189. The fraction of sp³-hybridized carbons (Fsp3) is 0.0769. The first-order chi connectivity index (χ1) is 8.29. The molecule has 4 nitrogen and oxygen atoms in total. The Hall–Kier alpha value is -2.54. The van der Waals surface area contributed by atoms with E-state index in [0.29, 0.717) is 23.4 Å². The Labute approximate surface area is 98.5 Å². The molecule has 2 rings (SSSR count). The predicted octanol–water partition coefficient (Wildman–Crippen LogP) is 2.08. The van der Waals surface area contributed by atoms with Crippen molar-refractivity contribution in [2.24, 2.45) is 0 Å². The fourth-order valence-corrected chi connectivity index (χ4v) is 1.38. The molecule has 0 saturated heterocycles. The summed E-state index contributed by atoms with van der Waals surface area (Å²) >= 11 is 0. The van der Waals surface area contributed by atoms with Crippen molar-refractivity contribution in [1.82, 2.24) is 5.32 Å². The van der Waals surface area contributed by atoms with Gasteiger partial charge < -0.3 is 9.73 Å². The molecule has 0 aliphatic heterocycles. The topological polar surface area (TPSA) is 66.0 Å². The third-order valence-electron chi connectivity index (χ3n) is 2.28. The van der Waals surface area contributed by atoms with Crippen molar-refractivity contribution < 1.29 is 9.21 Å². The summed E-state index contributed by atoms with van der Waals surface area (Å²) in [5.41, 5.74) is 1.06. The van der Waals surface area contributed by atoms with E-state index in [1.54, 1.807) is 42.7 Å². The van der Waals surface area contributed by atoms with Crippen molar-refractivity contribution in [2.45, 2.75) is 6.54 Å². The Balaban J connectivity index is 1.97. The lowest BCUT2D eigenvalue weighted by molar-refractivity contribution is 0.0948. The average molecular weight is 226 g/mol. The minimum absolute atomic E-state index is 0.189.